The third-order valence-corrected chi connectivity index (χ3v) is 11.1. The molecule has 220 valence electrons. The molecule has 2 nitrogen and oxygen atoms in total. The van der Waals surface area contributed by atoms with Gasteiger partial charge in [0, 0.05) is 21.8 Å². The van der Waals surface area contributed by atoms with Crippen molar-refractivity contribution in [2.24, 2.45) is 11.8 Å². The summed E-state index contributed by atoms with van der Waals surface area (Å²) in [7, 11) is 0. The Hall–Kier alpha value is -3.13. The summed E-state index contributed by atoms with van der Waals surface area (Å²) in [6.45, 7) is 19.3. The maximum absolute atomic E-state index is 2.71. The Bertz CT molecular complexity index is 1770. The molecule has 3 aromatic carbocycles. The van der Waals surface area contributed by atoms with Crippen molar-refractivity contribution in [2.75, 3.05) is 0 Å². The zero-order chi connectivity index (χ0) is 29.8. The molecule has 1 aliphatic heterocycles. The van der Waals surface area contributed by atoms with Gasteiger partial charge in [0.05, 0.1) is 5.39 Å². The van der Waals surface area contributed by atoms with E-state index in [4.69, 9.17) is 0 Å². The first-order chi connectivity index (χ1) is 20.2. The summed E-state index contributed by atoms with van der Waals surface area (Å²) in [5.41, 5.74) is 10.0. The number of para-hydroxylation sites is 1. The van der Waals surface area contributed by atoms with Crippen LogP contribution in [0.2, 0.25) is 0 Å². The van der Waals surface area contributed by atoms with Crippen LogP contribution >= 0.6 is 0 Å². The van der Waals surface area contributed by atoms with Crippen molar-refractivity contribution in [1.82, 2.24) is 4.40 Å². The second-order valence-corrected chi connectivity index (χ2v) is 14.1. The van der Waals surface area contributed by atoms with Gasteiger partial charge in [-0.1, -0.05) is 122 Å². The summed E-state index contributed by atoms with van der Waals surface area (Å²) < 4.78 is 5.37. The highest BCUT2D eigenvalue weighted by Gasteiger charge is 2.54. The van der Waals surface area contributed by atoms with Gasteiger partial charge in [0.25, 0.3) is 5.65 Å². The average Bonchev–Trinajstić information content (AvgIpc) is 3.39. The molecular formula is C40H51N2+. The fraction of sp³-hybridized carbons (Fsp3) is 0.475. The van der Waals surface area contributed by atoms with E-state index in [2.05, 4.69) is 131 Å². The molecular weight excluding hydrogens is 508 g/mol. The number of benzene rings is 3. The Morgan fingerprint density at radius 3 is 2.17 bits per heavy atom. The van der Waals surface area contributed by atoms with Crippen LogP contribution in [-0.4, -0.2) is 4.40 Å². The number of hydrogen-bond donors (Lipinski definition) is 0. The number of unbranched alkanes of at least 4 members (excludes halogenated alkanes) is 1. The molecule has 0 saturated heterocycles. The van der Waals surface area contributed by atoms with Crippen molar-refractivity contribution < 1.29 is 4.57 Å². The van der Waals surface area contributed by atoms with Crippen molar-refractivity contribution in [3.63, 3.8) is 0 Å². The molecule has 3 heterocycles. The van der Waals surface area contributed by atoms with Gasteiger partial charge in [0.1, 0.15) is 17.3 Å². The highest BCUT2D eigenvalue weighted by Crippen LogP contribution is 2.51. The lowest BCUT2D eigenvalue weighted by Crippen LogP contribution is -2.65. The molecule has 0 amide bonds. The molecule has 42 heavy (non-hydrogen) atoms. The van der Waals surface area contributed by atoms with Crippen LogP contribution in [0.5, 0.6) is 0 Å². The average molecular weight is 560 g/mol. The Morgan fingerprint density at radius 2 is 1.48 bits per heavy atom. The largest absolute Gasteiger partial charge is 0.296 e. The topological polar surface area (TPSA) is 8.29 Å². The number of pyridine rings is 1. The molecule has 2 heteroatoms. The molecule has 5 aromatic rings. The maximum atomic E-state index is 2.71. The van der Waals surface area contributed by atoms with Gasteiger partial charge < -0.3 is 0 Å². The first-order valence-corrected chi connectivity index (χ1v) is 16.7. The summed E-state index contributed by atoms with van der Waals surface area (Å²) in [5.74, 6) is 1.26. The standard InChI is InChI=1S/C40H51N2/c1-9-12-17-28(6)25-30-19-15-18-29(24-27(4)5)36(30)35-26-41-38-37-32(31-20-13-14-23-34(31)42(35)38)21-16-22-33(37)39(7,10-2)40(41,8)11-3/h13-16,18-23,26-28H,9-12,17,24-25H2,1-8H3/q+1. The second kappa shape index (κ2) is 10.9. The molecule has 2 aromatic heterocycles. The van der Waals surface area contributed by atoms with Gasteiger partial charge in [-0.2, -0.15) is 4.40 Å². The number of imidazole rings is 1. The molecule has 6 rings (SSSR count). The summed E-state index contributed by atoms with van der Waals surface area (Å²) >= 11 is 0. The van der Waals surface area contributed by atoms with E-state index >= 15 is 0 Å². The van der Waals surface area contributed by atoms with Gasteiger partial charge in [-0.25, -0.2) is 4.57 Å². The third kappa shape index (κ3) is 4.15. The van der Waals surface area contributed by atoms with E-state index in [1.165, 1.54) is 74.5 Å². The van der Waals surface area contributed by atoms with Crippen molar-refractivity contribution in [3.8, 4) is 11.3 Å². The van der Waals surface area contributed by atoms with Gasteiger partial charge in [-0.15, -0.1) is 0 Å². The highest BCUT2D eigenvalue weighted by atomic mass is 15.2. The maximum Gasteiger partial charge on any atom is 0.296 e. The number of rotatable bonds is 10. The van der Waals surface area contributed by atoms with Crippen molar-refractivity contribution >= 4 is 27.3 Å². The van der Waals surface area contributed by atoms with E-state index in [9.17, 15) is 0 Å². The number of nitrogens with zero attached hydrogens (tertiary/aromatic N) is 2. The molecule has 3 unspecified atom stereocenters. The number of hydrogen-bond acceptors (Lipinski definition) is 0. The van der Waals surface area contributed by atoms with Gasteiger partial charge >= 0.3 is 0 Å². The zero-order valence-electron chi connectivity index (χ0n) is 27.3. The Kier molecular flexibility index (Phi) is 7.49. The van der Waals surface area contributed by atoms with Crippen LogP contribution in [0.25, 0.3) is 38.6 Å². The monoisotopic (exact) mass is 559 g/mol. The van der Waals surface area contributed by atoms with Gasteiger partial charge in [-0.3, -0.25) is 0 Å². The van der Waals surface area contributed by atoms with E-state index in [-0.39, 0.29) is 11.0 Å². The van der Waals surface area contributed by atoms with Crippen LogP contribution in [0.1, 0.15) is 104 Å². The Morgan fingerprint density at radius 1 is 0.786 bits per heavy atom. The fourth-order valence-electron chi connectivity index (χ4n) is 8.35. The first kappa shape index (κ1) is 29.0. The van der Waals surface area contributed by atoms with Crippen molar-refractivity contribution in [1.29, 1.82) is 0 Å². The van der Waals surface area contributed by atoms with E-state index in [1.807, 2.05) is 0 Å². The molecule has 0 spiro atoms. The minimum atomic E-state index is -0.0451. The van der Waals surface area contributed by atoms with Gasteiger partial charge in [-0.05, 0) is 67.2 Å². The SMILES string of the molecule is CCCCC(C)Cc1cccc(CC(C)C)c1-c1c[n+]2c3c4c(cccc4c4ccccc4n13)C(C)(CC)C2(C)CC. The van der Waals surface area contributed by atoms with Crippen molar-refractivity contribution in [2.45, 2.75) is 111 Å². The molecule has 0 bridgehead atoms. The molecule has 1 aliphatic rings. The summed E-state index contributed by atoms with van der Waals surface area (Å²) in [5, 5.41) is 4.18. The summed E-state index contributed by atoms with van der Waals surface area (Å²) in [6, 6.07) is 23.4. The Balaban J connectivity index is 1.79. The summed E-state index contributed by atoms with van der Waals surface area (Å²) in [6.07, 6.45) is 10.8. The van der Waals surface area contributed by atoms with E-state index in [1.54, 1.807) is 0 Å². The minimum Gasteiger partial charge on any atom is -0.223 e. The quantitative estimate of drug-likeness (QED) is 0.119. The predicted octanol–water partition coefficient (Wildman–Crippen LogP) is 10.6. The predicted molar refractivity (Wildman–Crippen MR) is 181 cm³/mol. The van der Waals surface area contributed by atoms with Crippen LogP contribution in [0.15, 0.2) is 66.9 Å². The van der Waals surface area contributed by atoms with Crippen LogP contribution in [0.3, 0.4) is 0 Å². The lowest BCUT2D eigenvalue weighted by Gasteiger charge is -2.46. The third-order valence-electron chi connectivity index (χ3n) is 11.1. The lowest BCUT2D eigenvalue weighted by molar-refractivity contribution is -0.750. The molecule has 0 N–H and O–H groups in total. The van der Waals surface area contributed by atoms with E-state index in [0.29, 0.717) is 11.8 Å². The molecule has 0 fully saturated rings. The number of fused-ring (bicyclic) bond motifs is 3. The van der Waals surface area contributed by atoms with Crippen LogP contribution in [-0.2, 0) is 23.8 Å². The van der Waals surface area contributed by atoms with Gasteiger partial charge in [0.15, 0.2) is 5.69 Å². The smallest absolute Gasteiger partial charge is 0.223 e. The molecule has 0 saturated carbocycles. The first-order valence-electron chi connectivity index (χ1n) is 16.7. The fourth-order valence-corrected chi connectivity index (χ4v) is 8.35. The van der Waals surface area contributed by atoms with Gasteiger partial charge in [0.2, 0.25) is 0 Å². The minimum absolute atomic E-state index is 0.0233. The van der Waals surface area contributed by atoms with Crippen LogP contribution in [0, 0.1) is 11.8 Å². The highest BCUT2D eigenvalue weighted by molar-refractivity contribution is 6.13. The van der Waals surface area contributed by atoms with E-state index < -0.39 is 0 Å². The number of aromatic nitrogens is 2. The summed E-state index contributed by atoms with van der Waals surface area (Å²) in [4.78, 5) is 0. The normalized spacial score (nSPS) is 20.9. The molecule has 0 radical (unpaired) electrons. The van der Waals surface area contributed by atoms with Crippen LogP contribution in [0.4, 0.5) is 0 Å². The van der Waals surface area contributed by atoms with E-state index in [0.717, 1.165) is 25.7 Å². The van der Waals surface area contributed by atoms with Crippen LogP contribution < -0.4 is 4.57 Å². The Labute approximate surface area is 253 Å². The lowest BCUT2D eigenvalue weighted by atomic mass is 9.62. The van der Waals surface area contributed by atoms with Crippen molar-refractivity contribution in [3.05, 3.63) is 83.6 Å². The second-order valence-electron chi connectivity index (χ2n) is 14.1. The zero-order valence-corrected chi connectivity index (χ0v) is 27.3. The molecule has 0 aliphatic carbocycles. The molecule has 3 atom stereocenters.